The highest BCUT2D eigenvalue weighted by molar-refractivity contribution is 9.10. The van der Waals surface area contributed by atoms with E-state index < -0.39 is 10.0 Å². The number of nitrogens with one attached hydrogen (secondary N) is 1. The molecule has 19 heavy (non-hydrogen) atoms. The van der Waals surface area contributed by atoms with Crippen molar-refractivity contribution in [2.45, 2.75) is 18.4 Å². The minimum Gasteiger partial charge on any atom is -0.383 e. The fourth-order valence-electron chi connectivity index (χ4n) is 1.36. The van der Waals surface area contributed by atoms with Crippen molar-refractivity contribution in [1.29, 1.82) is 0 Å². The molecule has 0 unspecified atom stereocenters. The lowest BCUT2D eigenvalue weighted by Crippen LogP contribution is -2.24. The molecule has 2 aromatic rings. The molecule has 0 fully saturated rings. The van der Waals surface area contributed by atoms with Crippen molar-refractivity contribution in [3.63, 3.8) is 0 Å². The van der Waals surface area contributed by atoms with Crippen molar-refractivity contribution in [2.75, 3.05) is 5.73 Å². The molecule has 102 valence electrons. The van der Waals surface area contributed by atoms with E-state index in [0.29, 0.717) is 9.48 Å². The molecular formula is C10H11BrN4O2S2. The summed E-state index contributed by atoms with van der Waals surface area (Å²) in [7, 11) is -3.70. The number of hydrogen-bond acceptors (Lipinski definition) is 6. The Morgan fingerprint density at radius 2 is 2.16 bits per heavy atom. The van der Waals surface area contributed by atoms with Gasteiger partial charge in [0.2, 0.25) is 10.0 Å². The van der Waals surface area contributed by atoms with Gasteiger partial charge in [-0.15, -0.1) is 11.3 Å². The summed E-state index contributed by atoms with van der Waals surface area (Å²) in [6.45, 7) is 2.04. The average molecular weight is 363 g/mol. The van der Waals surface area contributed by atoms with Gasteiger partial charge in [-0.3, -0.25) is 0 Å². The van der Waals surface area contributed by atoms with Crippen LogP contribution in [-0.4, -0.2) is 18.4 Å². The molecule has 9 heteroatoms. The molecule has 0 aliphatic heterocycles. The fourth-order valence-corrected chi connectivity index (χ4v) is 3.76. The van der Waals surface area contributed by atoms with Crippen LogP contribution < -0.4 is 10.5 Å². The van der Waals surface area contributed by atoms with Gasteiger partial charge in [0.05, 0.1) is 6.54 Å². The van der Waals surface area contributed by atoms with Crippen LogP contribution in [0.2, 0.25) is 0 Å². The smallest absolute Gasteiger partial charge is 0.244 e. The van der Waals surface area contributed by atoms with Crippen molar-refractivity contribution >= 4 is 43.1 Å². The number of sulfonamides is 1. The number of pyridine rings is 1. The lowest BCUT2D eigenvalue weighted by molar-refractivity contribution is 0.581. The van der Waals surface area contributed by atoms with Crippen LogP contribution in [0.3, 0.4) is 0 Å². The molecule has 0 saturated carbocycles. The van der Waals surface area contributed by atoms with E-state index in [0.717, 1.165) is 4.88 Å². The number of aryl methyl sites for hydroxylation is 1. The lowest BCUT2D eigenvalue weighted by Gasteiger charge is -2.07. The molecule has 0 aliphatic rings. The van der Waals surface area contributed by atoms with E-state index in [4.69, 9.17) is 5.73 Å². The molecule has 2 rings (SSSR count). The number of nitrogen functional groups attached to an aromatic ring is 1. The highest BCUT2D eigenvalue weighted by Gasteiger charge is 2.19. The zero-order chi connectivity index (χ0) is 14.0. The number of nitrogens with two attached hydrogens (primary N) is 1. The van der Waals surface area contributed by atoms with Gasteiger partial charge in [0.25, 0.3) is 0 Å². The molecule has 0 saturated heterocycles. The summed E-state index contributed by atoms with van der Waals surface area (Å²) >= 11 is 4.60. The molecule has 2 aromatic heterocycles. The first kappa shape index (κ1) is 14.4. The van der Waals surface area contributed by atoms with Crippen molar-refractivity contribution in [2.24, 2.45) is 0 Å². The second kappa shape index (κ2) is 5.53. The monoisotopic (exact) mass is 362 g/mol. The normalized spacial score (nSPS) is 11.7. The minimum atomic E-state index is -3.70. The maximum Gasteiger partial charge on any atom is 0.244 e. The van der Waals surface area contributed by atoms with Crippen LogP contribution in [0, 0.1) is 6.92 Å². The van der Waals surface area contributed by atoms with E-state index in [9.17, 15) is 8.42 Å². The van der Waals surface area contributed by atoms with Crippen molar-refractivity contribution < 1.29 is 8.42 Å². The van der Waals surface area contributed by atoms with Crippen molar-refractivity contribution in [1.82, 2.24) is 14.7 Å². The Hall–Kier alpha value is -1.03. The number of thiazole rings is 1. The van der Waals surface area contributed by atoms with Crippen LogP contribution in [0.25, 0.3) is 0 Å². The predicted molar refractivity (Wildman–Crippen MR) is 77.2 cm³/mol. The summed E-state index contributed by atoms with van der Waals surface area (Å²) < 4.78 is 27.2. The van der Waals surface area contributed by atoms with Gasteiger partial charge < -0.3 is 5.73 Å². The van der Waals surface area contributed by atoms with Crippen molar-refractivity contribution in [3.05, 3.63) is 32.8 Å². The summed E-state index contributed by atoms with van der Waals surface area (Å²) in [5.74, 6) is -0.0361. The summed E-state index contributed by atoms with van der Waals surface area (Å²) in [6, 6.07) is 1.41. The quantitative estimate of drug-likeness (QED) is 0.861. The largest absolute Gasteiger partial charge is 0.383 e. The summed E-state index contributed by atoms with van der Waals surface area (Å²) in [5, 5.41) is 0.697. The summed E-state index contributed by atoms with van der Waals surface area (Å²) in [6.07, 6.45) is 3.14. The Balaban J connectivity index is 2.20. The van der Waals surface area contributed by atoms with E-state index in [1.54, 1.807) is 6.20 Å². The molecule has 0 aliphatic carbocycles. The first-order chi connectivity index (χ1) is 8.88. The average Bonchev–Trinajstić information content (AvgIpc) is 2.76. The number of halogens is 1. The van der Waals surface area contributed by atoms with Gasteiger partial charge >= 0.3 is 0 Å². The molecular weight excluding hydrogens is 352 g/mol. The Bertz CT molecular complexity index is 699. The third kappa shape index (κ3) is 3.50. The molecule has 3 N–H and O–H groups in total. The Labute approximate surface area is 123 Å². The van der Waals surface area contributed by atoms with Crippen LogP contribution in [0.15, 0.2) is 27.8 Å². The maximum atomic E-state index is 12.1. The summed E-state index contributed by atoms with van der Waals surface area (Å²) in [4.78, 5) is 8.87. The first-order valence-electron chi connectivity index (χ1n) is 5.20. The lowest BCUT2D eigenvalue weighted by atomic mass is 10.5. The minimum absolute atomic E-state index is 0.0361. The van der Waals surface area contributed by atoms with Crippen molar-refractivity contribution in [3.8, 4) is 0 Å². The topological polar surface area (TPSA) is 98.0 Å². The number of aromatic nitrogens is 2. The van der Waals surface area contributed by atoms with Gasteiger partial charge in [-0.1, -0.05) is 0 Å². The molecule has 0 bridgehead atoms. The van der Waals surface area contributed by atoms with E-state index >= 15 is 0 Å². The molecule has 0 amide bonds. The van der Waals surface area contributed by atoms with Gasteiger partial charge in [0.15, 0.2) is 0 Å². The molecule has 0 aromatic carbocycles. The second-order valence-electron chi connectivity index (χ2n) is 3.73. The van der Waals surface area contributed by atoms with E-state index in [1.807, 2.05) is 6.92 Å². The Kier molecular flexibility index (Phi) is 4.19. The predicted octanol–water partition coefficient (Wildman–Crippen LogP) is 1.67. The van der Waals surface area contributed by atoms with Crippen LogP contribution in [0.1, 0.15) is 9.88 Å². The standard InChI is InChI=1S/C10H11BrN4O2S2/c1-6-3-13-9(18-6)5-15-19(16,17)8-2-7(11)4-14-10(8)12/h2-4,15H,5H2,1H3,(H2,12,14). The number of hydrogen-bond donors (Lipinski definition) is 2. The number of anilines is 1. The molecule has 0 radical (unpaired) electrons. The second-order valence-corrected chi connectivity index (χ2v) is 7.70. The van der Waals surface area contributed by atoms with E-state index in [1.165, 1.54) is 23.6 Å². The van der Waals surface area contributed by atoms with Gasteiger partial charge in [-0.2, -0.15) is 0 Å². The Morgan fingerprint density at radius 3 is 2.79 bits per heavy atom. The first-order valence-corrected chi connectivity index (χ1v) is 8.30. The van der Waals surface area contributed by atoms with Crippen LogP contribution in [0.5, 0.6) is 0 Å². The molecule has 0 spiro atoms. The summed E-state index contributed by atoms with van der Waals surface area (Å²) in [5.41, 5.74) is 5.58. The highest BCUT2D eigenvalue weighted by atomic mass is 79.9. The SMILES string of the molecule is Cc1cnc(CNS(=O)(=O)c2cc(Br)cnc2N)s1. The Morgan fingerprint density at radius 1 is 1.42 bits per heavy atom. The van der Waals surface area contributed by atoms with Crippen LogP contribution in [0.4, 0.5) is 5.82 Å². The van der Waals surface area contributed by atoms with E-state index in [2.05, 4.69) is 30.6 Å². The van der Waals surface area contributed by atoms with Gasteiger partial charge in [0.1, 0.15) is 15.7 Å². The van der Waals surface area contributed by atoms with Crippen LogP contribution >= 0.6 is 27.3 Å². The zero-order valence-corrected chi connectivity index (χ0v) is 13.1. The third-order valence-corrected chi connectivity index (χ3v) is 5.00. The van der Waals surface area contributed by atoms with Gasteiger partial charge in [-0.25, -0.2) is 23.1 Å². The number of nitrogens with zero attached hydrogens (tertiary/aromatic N) is 2. The van der Waals surface area contributed by atoms with Crippen LogP contribution in [-0.2, 0) is 16.6 Å². The maximum absolute atomic E-state index is 12.1. The molecule has 2 heterocycles. The zero-order valence-electron chi connectivity index (χ0n) is 9.92. The van der Waals surface area contributed by atoms with E-state index in [-0.39, 0.29) is 17.3 Å². The molecule has 0 atom stereocenters. The molecule has 6 nitrogen and oxygen atoms in total. The fraction of sp³-hybridized carbons (Fsp3) is 0.200. The van der Waals surface area contributed by atoms with Gasteiger partial charge in [0, 0.05) is 21.7 Å². The van der Waals surface area contributed by atoms with Gasteiger partial charge in [-0.05, 0) is 28.9 Å². The number of rotatable bonds is 4. The third-order valence-electron chi connectivity index (χ3n) is 2.22. The highest BCUT2D eigenvalue weighted by Crippen LogP contribution is 2.21.